The van der Waals surface area contributed by atoms with Gasteiger partial charge in [0.15, 0.2) is 9.84 Å². The van der Waals surface area contributed by atoms with Gasteiger partial charge >= 0.3 is 0 Å². The molecule has 0 aliphatic rings. The van der Waals surface area contributed by atoms with Crippen LogP contribution in [0.15, 0.2) is 77.0 Å². The van der Waals surface area contributed by atoms with E-state index < -0.39 is 9.84 Å². The van der Waals surface area contributed by atoms with Crippen LogP contribution in [-0.2, 0) is 16.3 Å². The van der Waals surface area contributed by atoms with Crippen LogP contribution < -0.4 is 5.73 Å². The van der Waals surface area contributed by atoms with Crippen molar-refractivity contribution in [3.05, 3.63) is 77.7 Å². The first-order valence-electron chi connectivity index (χ1n) is 6.86. The van der Waals surface area contributed by atoms with E-state index in [1.807, 2.05) is 30.3 Å². The van der Waals surface area contributed by atoms with Crippen LogP contribution in [0.25, 0.3) is 0 Å². The van der Waals surface area contributed by atoms with Gasteiger partial charge in [0.25, 0.3) is 0 Å². The Morgan fingerprint density at radius 3 is 2.14 bits per heavy atom. The molecule has 2 N–H and O–H groups in total. The largest absolute Gasteiger partial charge is 0.324 e. The second-order valence-corrected chi connectivity index (χ2v) is 6.71. The lowest BCUT2D eigenvalue weighted by atomic mass is 10.1. The number of rotatable bonds is 6. The van der Waals surface area contributed by atoms with Gasteiger partial charge in [0.2, 0.25) is 0 Å². The molecule has 21 heavy (non-hydrogen) atoms. The molecular weight excluding hydrogens is 282 g/mol. The van der Waals surface area contributed by atoms with Gasteiger partial charge in [0.05, 0.1) is 4.90 Å². The lowest BCUT2D eigenvalue weighted by molar-refractivity contribution is 0.604. The molecule has 0 saturated heterocycles. The number of aryl methyl sites for hydroxylation is 1. The minimum atomic E-state index is -3.40. The van der Waals surface area contributed by atoms with Gasteiger partial charge in [0, 0.05) is 11.4 Å². The van der Waals surface area contributed by atoms with Gasteiger partial charge < -0.3 is 5.73 Å². The maximum Gasteiger partial charge on any atom is 0.199 e. The summed E-state index contributed by atoms with van der Waals surface area (Å²) >= 11 is 0. The number of sulfone groups is 1. The van der Waals surface area contributed by atoms with Crippen LogP contribution in [0.4, 0.5) is 0 Å². The highest BCUT2D eigenvalue weighted by atomic mass is 32.2. The van der Waals surface area contributed by atoms with Crippen LogP contribution in [-0.4, -0.2) is 14.5 Å². The highest BCUT2D eigenvalue weighted by Gasteiger charge is 2.09. The fourth-order valence-corrected chi connectivity index (χ4v) is 3.07. The standard InChI is InChI=1S/C17H19NO2S/c18-16(12-11-15-7-3-1-4-8-15)13-14-21(19,20)17-9-5-2-6-10-17/h1-10,13-14,16H,11-12,18H2/b14-13+/t16-/m0/s1. The zero-order valence-corrected chi connectivity index (χ0v) is 12.5. The predicted octanol–water partition coefficient (Wildman–Crippen LogP) is 2.93. The van der Waals surface area contributed by atoms with Gasteiger partial charge in [-0.1, -0.05) is 54.6 Å². The summed E-state index contributed by atoms with van der Waals surface area (Å²) in [6.45, 7) is 0. The third-order valence-electron chi connectivity index (χ3n) is 3.19. The van der Waals surface area contributed by atoms with Crippen molar-refractivity contribution in [1.29, 1.82) is 0 Å². The van der Waals surface area contributed by atoms with Crippen LogP contribution in [0, 0.1) is 0 Å². The number of nitrogens with two attached hydrogens (primary N) is 1. The van der Waals surface area contributed by atoms with Crippen molar-refractivity contribution >= 4 is 9.84 Å². The highest BCUT2D eigenvalue weighted by Crippen LogP contribution is 2.12. The second-order valence-electron chi connectivity index (χ2n) is 4.87. The molecule has 1 atom stereocenters. The summed E-state index contributed by atoms with van der Waals surface area (Å²) in [7, 11) is -3.40. The lowest BCUT2D eigenvalue weighted by Gasteiger charge is -2.06. The van der Waals surface area contributed by atoms with Crippen molar-refractivity contribution in [1.82, 2.24) is 0 Å². The van der Waals surface area contributed by atoms with Crippen LogP contribution in [0.1, 0.15) is 12.0 Å². The van der Waals surface area contributed by atoms with E-state index in [-0.39, 0.29) is 10.9 Å². The number of hydrogen-bond donors (Lipinski definition) is 1. The van der Waals surface area contributed by atoms with Crippen molar-refractivity contribution in [2.75, 3.05) is 0 Å². The zero-order chi connectivity index (χ0) is 15.1. The first kappa shape index (κ1) is 15.5. The quantitative estimate of drug-likeness (QED) is 0.892. The maximum atomic E-state index is 12.1. The molecule has 0 spiro atoms. The van der Waals surface area contributed by atoms with E-state index in [9.17, 15) is 8.42 Å². The van der Waals surface area contributed by atoms with Crippen molar-refractivity contribution in [2.45, 2.75) is 23.8 Å². The van der Waals surface area contributed by atoms with Gasteiger partial charge in [-0.25, -0.2) is 8.42 Å². The Kier molecular flexibility index (Phi) is 5.31. The van der Waals surface area contributed by atoms with E-state index in [4.69, 9.17) is 5.73 Å². The Morgan fingerprint density at radius 1 is 0.952 bits per heavy atom. The normalized spacial score (nSPS) is 13.4. The van der Waals surface area contributed by atoms with E-state index in [1.165, 1.54) is 11.0 Å². The fraction of sp³-hybridized carbons (Fsp3) is 0.176. The molecule has 0 radical (unpaired) electrons. The van der Waals surface area contributed by atoms with Gasteiger partial charge in [-0.3, -0.25) is 0 Å². The van der Waals surface area contributed by atoms with Crippen LogP contribution in [0.3, 0.4) is 0 Å². The minimum absolute atomic E-state index is 0.274. The third kappa shape index (κ3) is 4.85. The summed E-state index contributed by atoms with van der Waals surface area (Å²) in [5, 5.41) is 1.21. The Labute approximate surface area is 126 Å². The van der Waals surface area contributed by atoms with Crippen LogP contribution in [0.5, 0.6) is 0 Å². The summed E-state index contributed by atoms with van der Waals surface area (Å²) < 4.78 is 24.1. The van der Waals surface area contributed by atoms with Gasteiger partial charge in [-0.05, 0) is 30.5 Å². The second kappa shape index (κ2) is 7.20. The molecule has 0 heterocycles. The molecular formula is C17H19NO2S. The van der Waals surface area contributed by atoms with Crippen molar-refractivity contribution < 1.29 is 8.42 Å². The predicted molar refractivity (Wildman–Crippen MR) is 85.5 cm³/mol. The molecule has 0 aliphatic heterocycles. The Hall–Kier alpha value is -1.91. The smallest absolute Gasteiger partial charge is 0.199 e. The van der Waals surface area contributed by atoms with Gasteiger partial charge in [-0.15, -0.1) is 0 Å². The molecule has 110 valence electrons. The molecule has 0 fully saturated rings. The topological polar surface area (TPSA) is 60.2 Å². The van der Waals surface area contributed by atoms with Gasteiger partial charge in [0.1, 0.15) is 0 Å². The molecule has 2 aromatic rings. The molecule has 3 nitrogen and oxygen atoms in total. The molecule has 0 aliphatic carbocycles. The summed E-state index contributed by atoms with van der Waals surface area (Å²) in [5.74, 6) is 0. The molecule has 0 bridgehead atoms. The average molecular weight is 301 g/mol. The summed E-state index contributed by atoms with van der Waals surface area (Å²) in [6, 6.07) is 18.1. The third-order valence-corrected chi connectivity index (χ3v) is 4.63. The summed E-state index contributed by atoms with van der Waals surface area (Å²) in [6.07, 6.45) is 3.10. The summed E-state index contributed by atoms with van der Waals surface area (Å²) in [4.78, 5) is 0.288. The van der Waals surface area contributed by atoms with Crippen molar-refractivity contribution in [3.63, 3.8) is 0 Å². The van der Waals surface area contributed by atoms with Crippen LogP contribution in [0.2, 0.25) is 0 Å². The molecule has 2 aromatic carbocycles. The molecule has 0 aromatic heterocycles. The highest BCUT2D eigenvalue weighted by molar-refractivity contribution is 7.94. The average Bonchev–Trinajstić information content (AvgIpc) is 2.53. The monoisotopic (exact) mass is 301 g/mol. The van der Waals surface area contributed by atoms with E-state index in [1.54, 1.807) is 36.4 Å². The van der Waals surface area contributed by atoms with E-state index in [0.717, 1.165) is 6.42 Å². The molecule has 0 unspecified atom stereocenters. The lowest BCUT2D eigenvalue weighted by Crippen LogP contribution is -2.18. The SMILES string of the molecule is N[C@H](/C=C/S(=O)(=O)c1ccccc1)CCc1ccccc1. The van der Waals surface area contributed by atoms with Crippen LogP contribution >= 0.6 is 0 Å². The first-order valence-corrected chi connectivity index (χ1v) is 8.40. The maximum absolute atomic E-state index is 12.1. The Balaban J connectivity index is 1.94. The fourth-order valence-electron chi connectivity index (χ4n) is 1.97. The molecule has 4 heteroatoms. The minimum Gasteiger partial charge on any atom is -0.324 e. The van der Waals surface area contributed by atoms with Crippen molar-refractivity contribution in [2.24, 2.45) is 5.73 Å². The first-order chi connectivity index (χ1) is 10.1. The van der Waals surface area contributed by atoms with Crippen molar-refractivity contribution in [3.8, 4) is 0 Å². The Morgan fingerprint density at radius 2 is 1.52 bits per heavy atom. The number of benzene rings is 2. The summed E-state index contributed by atoms with van der Waals surface area (Å²) in [5.41, 5.74) is 7.16. The molecule has 0 saturated carbocycles. The number of hydrogen-bond acceptors (Lipinski definition) is 3. The van der Waals surface area contributed by atoms with E-state index in [2.05, 4.69) is 0 Å². The zero-order valence-electron chi connectivity index (χ0n) is 11.7. The van der Waals surface area contributed by atoms with E-state index in [0.29, 0.717) is 6.42 Å². The molecule has 0 amide bonds. The van der Waals surface area contributed by atoms with Gasteiger partial charge in [-0.2, -0.15) is 0 Å². The Bertz CT molecular complexity index is 679. The molecule has 2 rings (SSSR count). The van der Waals surface area contributed by atoms with E-state index >= 15 is 0 Å².